The molecule has 0 unspecified atom stereocenters. The lowest BCUT2D eigenvalue weighted by atomic mass is 9.98. The van der Waals surface area contributed by atoms with E-state index in [9.17, 15) is 13.2 Å². The SMILES string of the molecule is COc1cccc([C@H]2CCN(CC(F)(F)F)C2)c1. The molecular weight excluding hydrogens is 243 g/mol. The Morgan fingerprint density at radius 2 is 2.17 bits per heavy atom. The zero-order valence-electron chi connectivity index (χ0n) is 10.2. The van der Waals surface area contributed by atoms with Gasteiger partial charge in [0.15, 0.2) is 0 Å². The molecule has 1 aromatic carbocycles. The van der Waals surface area contributed by atoms with Crippen LogP contribution in [-0.4, -0.2) is 37.8 Å². The van der Waals surface area contributed by atoms with Crippen LogP contribution >= 0.6 is 0 Å². The molecule has 1 heterocycles. The van der Waals surface area contributed by atoms with Gasteiger partial charge in [-0.1, -0.05) is 12.1 Å². The topological polar surface area (TPSA) is 12.5 Å². The number of rotatable bonds is 3. The first-order valence-corrected chi connectivity index (χ1v) is 5.91. The number of methoxy groups -OCH3 is 1. The van der Waals surface area contributed by atoms with Crippen LogP contribution < -0.4 is 4.74 Å². The van der Waals surface area contributed by atoms with Crippen molar-refractivity contribution in [3.8, 4) is 5.75 Å². The van der Waals surface area contributed by atoms with Crippen LogP contribution in [0.4, 0.5) is 13.2 Å². The average molecular weight is 259 g/mol. The molecule has 5 heteroatoms. The van der Waals surface area contributed by atoms with Crippen molar-refractivity contribution in [2.45, 2.75) is 18.5 Å². The van der Waals surface area contributed by atoms with Crippen molar-refractivity contribution < 1.29 is 17.9 Å². The van der Waals surface area contributed by atoms with Crippen molar-refractivity contribution in [1.82, 2.24) is 4.90 Å². The van der Waals surface area contributed by atoms with Gasteiger partial charge < -0.3 is 4.74 Å². The number of nitrogens with zero attached hydrogens (tertiary/aromatic N) is 1. The summed E-state index contributed by atoms with van der Waals surface area (Å²) < 4.78 is 42.0. The fraction of sp³-hybridized carbons (Fsp3) is 0.538. The summed E-state index contributed by atoms with van der Waals surface area (Å²) in [6.45, 7) is 0.154. The summed E-state index contributed by atoms with van der Waals surface area (Å²) in [5.74, 6) is 0.921. The highest BCUT2D eigenvalue weighted by molar-refractivity contribution is 5.31. The van der Waals surface area contributed by atoms with Gasteiger partial charge in [0, 0.05) is 6.54 Å². The second kappa shape index (κ2) is 5.18. The number of hydrogen-bond donors (Lipinski definition) is 0. The van der Waals surface area contributed by atoms with Gasteiger partial charge in [0.25, 0.3) is 0 Å². The molecule has 0 bridgehead atoms. The van der Waals surface area contributed by atoms with Crippen LogP contribution in [0, 0.1) is 0 Å². The van der Waals surface area contributed by atoms with Gasteiger partial charge in [-0.25, -0.2) is 0 Å². The molecule has 2 rings (SSSR count). The van der Waals surface area contributed by atoms with Crippen molar-refractivity contribution in [1.29, 1.82) is 0 Å². The van der Waals surface area contributed by atoms with Gasteiger partial charge in [0.1, 0.15) is 5.75 Å². The molecular formula is C13H16F3NO. The molecule has 100 valence electrons. The van der Waals surface area contributed by atoms with Crippen molar-refractivity contribution in [3.63, 3.8) is 0 Å². The summed E-state index contributed by atoms with van der Waals surface area (Å²) in [7, 11) is 1.59. The lowest BCUT2D eigenvalue weighted by Gasteiger charge is -2.18. The van der Waals surface area contributed by atoms with Crippen molar-refractivity contribution in [3.05, 3.63) is 29.8 Å². The van der Waals surface area contributed by atoms with E-state index < -0.39 is 12.7 Å². The Morgan fingerprint density at radius 1 is 1.39 bits per heavy atom. The van der Waals surface area contributed by atoms with E-state index in [2.05, 4.69) is 0 Å². The van der Waals surface area contributed by atoms with E-state index in [1.165, 1.54) is 4.90 Å². The van der Waals surface area contributed by atoms with Crippen LogP contribution in [-0.2, 0) is 0 Å². The molecule has 1 aliphatic heterocycles. The minimum absolute atomic E-state index is 0.169. The van der Waals surface area contributed by atoms with Gasteiger partial charge in [-0.2, -0.15) is 13.2 Å². The summed E-state index contributed by atoms with van der Waals surface area (Å²) >= 11 is 0. The van der Waals surface area contributed by atoms with Crippen molar-refractivity contribution in [2.75, 3.05) is 26.7 Å². The highest BCUT2D eigenvalue weighted by Gasteiger charge is 2.34. The Morgan fingerprint density at radius 3 is 2.83 bits per heavy atom. The van der Waals surface area contributed by atoms with E-state index in [0.717, 1.165) is 17.7 Å². The zero-order valence-corrected chi connectivity index (χ0v) is 10.2. The molecule has 0 saturated carbocycles. The zero-order chi connectivity index (χ0) is 13.2. The highest BCUT2D eigenvalue weighted by atomic mass is 19.4. The van der Waals surface area contributed by atoms with E-state index in [1.54, 1.807) is 7.11 Å². The predicted molar refractivity (Wildman–Crippen MR) is 62.8 cm³/mol. The van der Waals surface area contributed by atoms with Gasteiger partial charge in [0.05, 0.1) is 13.7 Å². The fourth-order valence-corrected chi connectivity index (χ4v) is 2.40. The molecule has 0 radical (unpaired) electrons. The molecule has 1 fully saturated rings. The Balaban J connectivity index is 1.99. The van der Waals surface area contributed by atoms with Crippen LogP contribution in [0.5, 0.6) is 5.75 Å². The van der Waals surface area contributed by atoms with Crippen molar-refractivity contribution >= 4 is 0 Å². The molecule has 1 atom stereocenters. The summed E-state index contributed by atoms with van der Waals surface area (Å²) in [6, 6.07) is 7.57. The van der Waals surface area contributed by atoms with Gasteiger partial charge >= 0.3 is 6.18 Å². The molecule has 1 saturated heterocycles. The first-order valence-electron chi connectivity index (χ1n) is 5.91. The lowest BCUT2D eigenvalue weighted by molar-refractivity contribution is -0.143. The third kappa shape index (κ3) is 3.38. The van der Waals surface area contributed by atoms with E-state index in [-0.39, 0.29) is 5.92 Å². The molecule has 0 N–H and O–H groups in total. The van der Waals surface area contributed by atoms with Gasteiger partial charge in [0.2, 0.25) is 0 Å². The van der Waals surface area contributed by atoms with E-state index in [0.29, 0.717) is 13.1 Å². The minimum Gasteiger partial charge on any atom is -0.497 e. The highest BCUT2D eigenvalue weighted by Crippen LogP contribution is 2.30. The first kappa shape index (κ1) is 13.2. The summed E-state index contributed by atoms with van der Waals surface area (Å²) in [5, 5.41) is 0. The smallest absolute Gasteiger partial charge is 0.401 e. The molecule has 1 aliphatic rings. The van der Waals surface area contributed by atoms with Crippen LogP contribution in [0.15, 0.2) is 24.3 Å². The molecule has 0 aliphatic carbocycles. The van der Waals surface area contributed by atoms with Crippen LogP contribution in [0.1, 0.15) is 17.9 Å². The monoisotopic (exact) mass is 259 g/mol. The Labute approximate surface area is 104 Å². The maximum atomic E-state index is 12.3. The molecule has 0 aromatic heterocycles. The largest absolute Gasteiger partial charge is 0.497 e. The quantitative estimate of drug-likeness (QED) is 0.827. The number of alkyl halides is 3. The molecule has 0 spiro atoms. The van der Waals surface area contributed by atoms with Crippen LogP contribution in [0.2, 0.25) is 0 Å². The maximum Gasteiger partial charge on any atom is 0.401 e. The fourth-order valence-electron chi connectivity index (χ4n) is 2.40. The number of benzene rings is 1. The van der Waals surface area contributed by atoms with Crippen molar-refractivity contribution in [2.24, 2.45) is 0 Å². The maximum absolute atomic E-state index is 12.3. The molecule has 1 aromatic rings. The minimum atomic E-state index is -4.11. The Bertz CT molecular complexity index is 405. The number of likely N-dealkylation sites (tertiary alicyclic amines) is 1. The lowest BCUT2D eigenvalue weighted by Crippen LogP contribution is -2.32. The van der Waals surface area contributed by atoms with Gasteiger partial charge in [-0.05, 0) is 36.6 Å². The summed E-state index contributed by atoms with van der Waals surface area (Å²) in [5.41, 5.74) is 1.05. The average Bonchev–Trinajstić information content (AvgIpc) is 2.75. The second-order valence-electron chi connectivity index (χ2n) is 4.61. The summed E-state index contributed by atoms with van der Waals surface area (Å²) in [4.78, 5) is 1.46. The summed E-state index contributed by atoms with van der Waals surface area (Å²) in [6.07, 6.45) is -3.34. The third-order valence-electron chi connectivity index (χ3n) is 3.24. The number of ether oxygens (including phenoxy) is 1. The Hall–Kier alpha value is -1.23. The number of halogens is 3. The molecule has 18 heavy (non-hydrogen) atoms. The second-order valence-corrected chi connectivity index (χ2v) is 4.61. The van der Waals surface area contributed by atoms with Gasteiger partial charge in [-0.3, -0.25) is 4.90 Å². The van der Waals surface area contributed by atoms with E-state index in [4.69, 9.17) is 4.74 Å². The number of hydrogen-bond acceptors (Lipinski definition) is 2. The predicted octanol–water partition coefficient (Wildman–Crippen LogP) is 3.05. The normalized spacial score (nSPS) is 21.2. The van der Waals surface area contributed by atoms with E-state index in [1.807, 2.05) is 24.3 Å². The molecule has 2 nitrogen and oxygen atoms in total. The third-order valence-corrected chi connectivity index (χ3v) is 3.24. The van der Waals surface area contributed by atoms with E-state index >= 15 is 0 Å². The van der Waals surface area contributed by atoms with Crippen LogP contribution in [0.3, 0.4) is 0 Å². The standard InChI is InChI=1S/C13H16F3NO/c1-18-12-4-2-3-10(7-12)11-5-6-17(8-11)9-13(14,15)16/h2-4,7,11H,5-6,8-9H2,1H3/t11-/m0/s1. The first-order chi connectivity index (χ1) is 8.48. The van der Waals surface area contributed by atoms with Crippen LogP contribution in [0.25, 0.3) is 0 Å². The Kier molecular flexibility index (Phi) is 3.80. The molecule has 0 amide bonds. The van der Waals surface area contributed by atoms with Gasteiger partial charge in [-0.15, -0.1) is 0 Å².